The third kappa shape index (κ3) is 5.99. The van der Waals surface area contributed by atoms with Crippen molar-refractivity contribution in [1.82, 2.24) is 5.32 Å². The summed E-state index contributed by atoms with van der Waals surface area (Å²) in [5.74, 6) is -0.382. The number of amides is 2. The first-order chi connectivity index (χ1) is 13.6. The zero-order chi connectivity index (χ0) is 20.4. The second-order valence-electron chi connectivity index (χ2n) is 6.19. The van der Waals surface area contributed by atoms with Gasteiger partial charge < -0.3 is 25.2 Å². The smallest absolute Gasteiger partial charge is 0.313 e. The molecule has 0 heterocycles. The van der Waals surface area contributed by atoms with Gasteiger partial charge in [0.05, 0.1) is 14.2 Å². The first-order valence-electron chi connectivity index (χ1n) is 9.06. The minimum atomic E-state index is -0.759. The van der Waals surface area contributed by atoms with Gasteiger partial charge in [-0.25, -0.2) is 0 Å². The number of anilines is 1. The van der Waals surface area contributed by atoms with Crippen LogP contribution in [0.2, 0.25) is 0 Å². The highest BCUT2D eigenvalue weighted by molar-refractivity contribution is 6.39. The van der Waals surface area contributed by atoms with Crippen LogP contribution >= 0.6 is 0 Å². The van der Waals surface area contributed by atoms with E-state index in [1.54, 1.807) is 18.2 Å². The van der Waals surface area contributed by atoms with Gasteiger partial charge in [0.1, 0.15) is 0 Å². The Kier molecular flexibility index (Phi) is 8.30. The molecule has 2 rings (SSSR count). The van der Waals surface area contributed by atoms with Crippen LogP contribution in [0.15, 0.2) is 48.5 Å². The van der Waals surface area contributed by atoms with Gasteiger partial charge in [-0.05, 0) is 36.5 Å². The summed E-state index contributed by atoms with van der Waals surface area (Å²) in [5.41, 5.74) is 1.53. The van der Waals surface area contributed by atoms with Crippen LogP contribution in [-0.2, 0) is 9.59 Å². The molecular formula is C21H26N2O5. The zero-order valence-electron chi connectivity index (χ0n) is 16.1. The van der Waals surface area contributed by atoms with Gasteiger partial charge in [0.2, 0.25) is 0 Å². The van der Waals surface area contributed by atoms with E-state index >= 15 is 0 Å². The number of carbonyl (C=O) groups excluding carboxylic acids is 2. The fourth-order valence-electron chi connectivity index (χ4n) is 2.90. The molecule has 1 atom stereocenters. The van der Waals surface area contributed by atoms with Crippen LogP contribution in [0, 0.1) is 0 Å². The Morgan fingerprint density at radius 3 is 2.32 bits per heavy atom. The largest absolute Gasteiger partial charge is 0.493 e. The number of aliphatic hydroxyl groups is 1. The van der Waals surface area contributed by atoms with E-state index in [4.69, 9.17) is 9.47 Å². The molecule has 7 heteroatoms. The van der Waals surface area contributed by atoms with Crippen LogP contribution in [-0.4, -0.2) is 44.3 Å². The average Bonchev–Trinajstić information content (AvgIpc) is 2.73. The highest BCUT2D eigenvalue weighted by atomic mass is 16.5. The monoisotopic (exact) mass is 386 g/mol. The van der Waals surface area contributed by atoms with Crippen molar-refractivity contribution < 1.29 is 24.2 Å². The number of hydrogen-bond donors (Lipinski definition) is 3. The molecule has 7 nitrogen and oxygen atoms in total. The highest BCUT2D eigenvalue weighted by Gasteiger charge is 2.16. The van der Waals surface area contributed by atoms with E-state index in [-0.39, 0.29) is 12.5 Å². The first-order valence-corrected chi connectivity index (χ1v) is 9.06. The van der Waals surface area contributed by atoms with E-state index in [9.17, 15) is 14.7 Å². The minimum Gasteiger partial charge on any atom is -0.493 e. The Hall–Kier alpha value is -3.06. The molecule has 1 unspecified atom stereocenters. The van der Waals surface area contributed by atoms with Crippen molar-refractivity contribution in [3.05, 3.63) is 54.1 Å². The van der Waals surface area contributed by atoms with Crippen LogP contribution in [0.25, 0.3) is 0 Å². The number of nitrogens with one attached hydrogen (secondary N) is 2. The number of rotatable bonds is 9. The van der Waals surface area contributed by atoms with Crippen molar-refractivity contribution in [2.24, 2.45) is 0 Å². The summed E-state index contributed by atoms with van der Waals surface area (Å²) in [5, 5.41) is 14.4. The zero-order valence-corrected chi connectivity index (χ0v) is 16.1. The third-order valence-electron chi connectivity index (χ3n) is 4.37. The lowest BCUT2D eigenvalue weighted by molar-refractivity contribution is -0.136. The topological polar surface area (TPSA) is 96.9 Å². The molecule has 150 valence electrons. The van der Waals surface area contributed by atoms with Crippen molar-refractivity contribution in [3.8, 4) is 11.5 Å². The van der Waals surface area contributed by atoms with Crippen molar-refractivity contribution in [1.29, 1.82) is 0 Å². The van der Waals surface area contributed by atoms with Gasteiger partial charge in [-0.15, -0.1) is 0 Å². The van der Waals surface area contributed by atoms with E-state index < -0.39 is 11.8 Å². The van der Waals surface area contributed by atoms with Crippen molar-refractivity contribution in [3.63, 3.8) is 0 Å². The molecule has 2 aromatic rings. The van der Waals surface area contributed by atoms with Gasteiger partial charge in [-0.3, -0.25) is 9.59 Å². The van der Waals surface area contributed by atoms with E-state index in [0.29, 0.717) is 36.6 Å². The highest BCUT2D eigenvalue weighted by Crippen LogP contribution is 2.29. The number of aliphatic hydroxyl groups excluding tert-OH is 1. The quantitative estimate of drug-likeness (QED) is 0.575. The van der Waals surface area contributed by atoms with Crippen molar-refractivity contribution >= 4 is 17.5 Å². The summed E-state index contributed by atoms with van der Waals surface area (Å²) in [6, 6.07) is 14.6. The lowest BCUT2D eigenvalue weighted by Gasteiger charge is -2.16. The van der Waals surface area contributed by atoms with Gasteiger partial charge in [-0.2, -0.15) is 0 Å². The summed E-state index contributed by atoms with van der Waals surface area (Å²) >= 11 is 0. The minimum absolute atomic E-state index is 0.0628. The van der Waals surface area contributed by atoms with Gasteiger partial charge in [0.25, 0.3) is 0 Å². The molecule has 0 spiro atoms. The molecule has 0 fully saturated rings. The Balaban J connectivity index is 1.87. The fraction of sp³-hybridized carbons (Fsp3) is 0.333. The number of benzene rings is 2. The summed E-state index contributed by atoms with van der Waals surface area (Å²) in [7, 11) is 3.01. The predicted molar refractivity (Wildman–Crippen MR) is 107 cm³/mol. The maximum absolute atomic E-state index is 12.1. The molecular weight excluding hydrogens is 360 g/mol. The van der Waals surface area contributed by atoms with Crippen LogP contribution in [0.4, 0.5) is 5.69 Å². The predicted octanol–water partition coefficient (Wildman–Crippen LogP) is 2.31. The number of hydrogen-bond acceptors (Lipinski definition) is 5. The van der Waals surface area contributed by atoms with Crippen LogP contribution in [0.3, 0.4) is 0 Å². The Bertz CT molecular complexity index is 780. The second kappa shape index (κ2) is 10.9. The Morgan fingerprint density at radius 2 is 1.68 bits per heavy atom. The molecule has 0 aliphatic rings. The molecule has 0 aliphatic carbocycles. The molecule has 2 aromatic carbocycles. The lowest BCUT2D eigenvalue weighted by Crippen LogP contribution is -2.36. The number of ether oxygens (including phenoxy) is 2. The third-order valence-corrected chi connectivity index (χ3v) is 4.37. The van der Waals surface area contributed by atoms with Gasteiger partial charge in [0, 0.05) is 24.9 Å². The standard InChI is InChI=1S/C21H26N2O5/c1-27-18-9-8-17(14-19(18)28-2)23-21(26)20(25)22-12-10-16(11-13-24)15-6-4-3-5-7-15/h3-9,14,16,24H,10-13H2,1-2H3,(H,22,25)(H,23,26). The molecule has 0 radical (unpaired) electrons. The fourth-order valence-corrected chi connectivity index (χ4v) is 2.90. The Labute approximate surface area is 164 Å². The van der Waals surface area contributed by atoms with Crippen molar-refractivity contribution in [2.75, 3.05) is 32.7 Å². The second-order valence-corrected chi connectivity index (χ2v) is 6.19. The van der Waals surface area contributed by atoms with Gasteiger partial charge >= 0.3 is 11.8 Å². The van der Waals surface area contributed by atoms with E-state index in [1.807, 2.05) is 30.3 Å². The molecule has 0 saturated heterocycles. The molecule has 0 aliphatic heterocycles. The van der Waals surface area contributed by atoms with Crippen molar-refractivity contribution in [2.45, 2.75) is 18.8 Å². The van der Waals surface area contributed by atoms with Crippen LogP contribution < -0.4 is 20.1 Å². The SMILES string of the molecule is COc1ccc(NC(=O)C(=O)NCCC(CCO)c2ccccc2)cc1OC. The average molecular weight is 386 g/mol. The molecule has 3 N–H and O–H groups in total. The van der Waals surface area contributed by atoms with E-state index in [1.165, 1.54) is 14.2 Å². The van der Waals surface area contributed by atoms with Crippen LogP contribution in [0.1, 0.15) is 24.3 Å². The van der Waals surface area contributed by atoms with Crippen LogP contribution in [0.5, 0.6) is 11.5 Å². The molecule has 0 aromatic heterocycles. The van der Waals surface area contributed by atoms with E-state index in [2.05, 4.69) is 10.6 Å². The van der Waals surface area contributed by atoms with E-state index in [0.717, 1.165) is 5.56 Å². The molecule has 0 saturated carbocycles. The summed E-state index contributed by atoms with van der Waals surface area (Å²) in [4.78, 5) is 24.2. The summed E-state index contributed by atoms with van der Waals surface area (Å²) in [6.07, 6.45) is 1.22. The molecule has 0 bridgehead atoms. The number of methoxy groups -OCH3 is 2. The maximum atomic E-state index is 12.1. The first kappa shape index (κ1) is 21.2. The van der Waals surface area contributed by atoms with Gasteiger partial charge in [-0.1, -0.05) is 30.3 Å². The molecule has 2 amide bonds. The summed E-state index contributed by atoms with van der Waals surface area (Å²) in [6.45, 7) is 0.394. The maximum Gasteiger partial charge on any atom is 0.313 e. The Morgan fingerprint density at radius 1 is 0.964 bits per heavy atom. The van der Waals surface area contributed by atoms with Gasteiger partial charge in [0.15, 0.2) is 11.5 Å². The normalized spacial score (nSPS) is 11.4. The number of carbonyl (C=O) groups is 2. The molecule has 28 heavy (non-hydrogen) atoms. The lowest BCUT2D eigenvalue weighted by atomic mass is 9.93. The summed E-state index contributed by atoms with van der Waals surface area (Å²) < 4.78 is 10.3.